The first-order valence-corrected chi connectivity index (χ1v) is 7.01. The molecule has 0 heterocycles. The largest absolute Gasteiger partial charge is 0.497 e. The van der Waals surface area contributed by atoms with Crippen LogP contribution >= 0.6 is 0 Å². The third-order valence-electron chi connectivity index (χ3n) is 4.67. The molecule has 2 N–H and O–H groups in total. The summed E-state index contributed by atoms with van der Waals surface area (Å²) in [7, 11) is 1.69. The van der Waals surface area contributed by atoms with Crippen molar-refractivity contribution < 1.29 is 4.74 Å². The molecule has 1 aliphatic rings. The zero-order valence-electron chi connectivity index (χ0n) is 12.3. The Morgan fingerprint density at radius 3 is 2.55 bits per heavy atom. The minimum Gasteiger partial charge on any atom is -0.497 e. The van der Waals surface area contributed by atoms with Crippen molar-refractivity contribution in [3.63, 3.8) is 0 Å². The molecule has 0 radical (unpaired) electrons. The maximum atomic E-state index is 6.94. The Morgan fingerprint density at radius 2 is 1.80 bits per heavy atom. The van der Waals surface area contributed by atoms with Gasteiger partial charge in [0.1, 0.15) is 5.75 Å². The van der Waals surface area contributed by atoms with Crippen molar-refractivity contribution in [3.05, 3.63) is 65.2 Å². The Labute approximate surface area is 120 Å². The van der Waals surface area contributed by atoms with E-state index in [4.69, 9.17) is 10.5 Å². The van der Waals surface area contributed by atoms with E-state index >= 15 is 0 Å². The first-order valence-electron chi connectivity index (χ1n) is 7.01. The molecule has 2 aromatic carbocycles. The Kier molecular flexibility index (Phi) is 2.87. The number of hydrogen-bond acceptors (Lipinski definition) is 2. The highest BCUT2D eigenvalue weighted by molar-refractivity contribution is 5.51. The predicted molar refractivity (Wildman–Crippen MR) is 81.9 cm³/mol. The van der Waals surface area contributed by atoms with Gasteiger partial charge in [-0.3, -0.25) is 0 Å². The highest BCUT2D eigenvalue weighted by Crippen LogP contribution is 2.52. The molecule has 0 bridgehead atoms. The zero-order valence-corrected chi connectivity index (χ0v) is 12.3. The van der Waals surface area contributed by atoms with Crippen LogP contribution in [0.25, 0.3) is 0 Å². The third kappa shape index (κ3) is 1.68. The first-order chi connectivity index (χ1) is 9.49. The van der Waals surface area contributed by atoms with E-state index in [0.717, 1.165) is 17.7 Å². The van der Waals surface area contributed by atoms with Gasteiger partial charge in [-0.2, -0.15) is 0 Å². The summed E-state index contributed by atoms with van der Waals surface area (Å²) in [5, 5.41) is 0. The molecule has 1 unspecified atom stereocenters. The number of hydrogen-bond donors (Lipinski definition) is 1. The lowest BCUT2D eigenvalue weighted by atomic mass is 9.69. The van der Waals surface area contributed by atoms with Crippen LogP contribution in [0.4, 0.5) is 0 Å². The molecular weight excluding hydrogens is 246 g/mol. The van der Waals surface area contributed by atoms with Gasteiger partial charge >= 0.3 is 0 Å². The Hall–Kier alpha value is -1.80. The summed E-state index contributed by atoms with van der Waals surface area (Å²) in [6.07, 6.45) is 0.997. The van der Waals surface area contributed by atoms with Crippen molar-refractivity contribution in [2.75, 3.05) is 7.11 Å². The lowest BCUT2D eigenvalue weighted by Gasteiger charge is -2.39. The summed E-state index contributed by atoms with van der Waals surface area (Å²) in [5.41, 5.74) is 10.1. The molecule has 2 aromatic rings. The standard InChI is InChI=1S/C18H21NO/c1-17(2)12-13-7-4-5-10-16(13)18(17,19)14-8-6-9-15(11-14)20-3/h4-11H,12,19H2,1-3H3. The van der Waals surface area contributed by atoms with Crippen LogP contribution in [0, 0.1) is 5.41 Å². The van der Waals surface area contributed by atoms with Gasteiger partial charge in [0.05, 0.1) is 12.6 Å². The Bertz CT molecular complexity index is 647. The molecule has 0 spiro atoms. The minimum atomic E-state index is -0.474. The topological polar surface area (TPSA) is 35.2 Å². The van der Waals surface area contributed by atoms with E-state index in [-0.39, 0.29) is 5.41 Å². The smallest absolute Gasteiger partial charge is 0.119 e. The monoisotopic (exact) mass is 267 g/mol. The van der Waals surface area contributed by atoms with E-state index in [2.05, 4.69) is 50.2 Å². The highest BCUT2D eigenvalue weighted by Gasteiger charge is 2.50. The average Bonchev–Trinajstić information content (AvgIpc) is 2.67. The Morgan fingerprint density at radius 1 is 1.05 bits per heavy atom. The van der Waals surface area contributed by atoms with Crippen molar-refractivity contribution in [1.82, 2.24) is 0 Å². The van der Waals surface area contributed by atoms with E-state index < -0.39 is 5.54 Å². The fraction of sp³-hybridized carbons (Fsp3) is 0.333. The fourth-order valence-corrected chi connectivity index (χ4v) is 3.45. The van der Waals surface area contributed by atoms with Crippen LogP contribution in [0.1, 0.15) is 30.5 Å². The second-order valence-electron chi connectivity index (χ2n) is 6.26. The number of ether oxygens (including phenoxy) is 1. The molecule has 2 heteroatoms. The average molecular weight is 267 g/mol. The van der Waals surface area contributed by atoms with Gasteiger partial charge in [-0.25, -0.2) is 0 Å². The molecule has 104 valence electrons. The van der Waals surface area contributed by atoms with Crippen molar-refractivity contribution >= 4 is 0 Å². The fourth-order valence-electron chi connectivity index (χ4n) is 3.45. The van der Waals surface area contributed by atoms with Crippen molar-refractivity contribution in [2.24, 2.45) is 11.1 Å². The normalized spacial score (nSPS) is 23.4. The van der Waals surface area contributed by atoms with E-state index in [1.807, 2.05) is 12.1 Å². The van der Waals surface area contributed by atoms with E-state index in [1.165, 1.54) is 11.1 Å². The van der Waals surface area contributed by atoms with E-state index in [1.54, 1.807) is 7.11 Å². The molecule has 0 fully saturated rings. The van der Waals surface area contributed by atoms with Gasteiger partial charge in [0, 0.05) is 0 Å². The van der Waals surface area contributed by atoms with Gasteiger partial charge in [-0.05, 0) is 40.7 Å². The van der Waals surface area contributed by atoms with E-state index in [0.29, 0.717) is 0 Å². The molecule has 2 nitrogen and oxygen atoms in total. The molecule has 1 aliphatic carbocycles. The number of methoxy groups -OCH3 is 1. The molecule has 0 amide bonds. The maximum absolute atomic E-state index is 6.94. The second kappa shape index (κ2) is 4.35. The summed E-state index contributed by atoms with van der Waals surface area (Å²) in [6, 6.07) is 16.6. The SMILES string of the molecule is COc1cccc(C2(N)c3ccccc3CC2(C)C)c1. The summed E-state index contributed by atoms with van der Waals surface area (Å²) in [4.78, 5) is 0. The summed E-state index contributed by atoms with van der Waals surface area (Å²) < 4.78 is 5.36. The lowest BCUT2D eigenvalue weighted by molar-refractivity contribution is 0.233. The van der Waals surface area contributed by atoms with Crippen molar-refractivity contribution in [1.29, 1.82) is 0 Å². The predicted octanol–water partition coefficient (Wildman–Crippen LogP) is 3.48. The molecule has 0 aromatic heterocycles. The van der Waals surface area contributed by atoms with Gasteiger partial charge in [-0.15, -0.1) is 0 Å². The minimum absolute atomic E-state index is 0.0248. The van der Waals surface area contributed by atoms with Gasteiger partial charge in [0.2, 0.25) is 0 Å². The van der Waals surface area contributed by atoms with Crippen LogP contribution in [0.5, 0.6) is 5.75 Å². The molecular formula is C18H21NO. The van der Waals surface area contributed by atoms with Gasteiger partial charge < -0.3 is 10.5 Å². The van der Waals surface area contributed by atoms with Gasteiger partial charge in [0.15, 0.2) is 0 Å². The van der Waals surface area contributed by atoms with Crippen LogP contribution in [0.2, 0.25) is 0 Å². The zero-order chi connectivity index (χ0) is 14.4. The van der Waals surface area contributed by atoms with Gasteiger partial charge in [0.25, 0.3) is 0 Å². The van der Waals surface area contributed by atoms with Crippen LogP contribution in [0.15, 0.2) is 48.5 Å². The van der Waals surface area contributed by atoms with Crippen LogP contribution < -0.4 is 10.5 Å². The highest BCUT2D eigenvalue weighted by atomic mass is 16.5. The molecule has 20 heavy (non-hydrogen) atoms. The Balaban J connectivity index is 2.23. The quantitative estimate of drug-likeness (QED) is 0.904. The number of benzene rings is 2. The third-order valence-corrected chi connectivity index (χ3v) is 4.67. The maximum Gasteiger partial charge on any atom is 0.119 e. The number of nitrogens with two attached hydrogens (primary N) is 1. The lowest BCUT2D eigenvalue weighted by Crippen LogP contribution is -2.47. The number of rotatable bonds is 2. The molecule has 1 atom stereocenters. The molecule has 0 aliphatic heterocycles. The first kappa shape index (κ1) is 13.2. The molecule has 0 saturated heterocycles. The second-order valence-corrected chi connectivity index (χ2v) is 6.26. The van der Waals surface area contributed by atoms with Crippen LogP contribution in [-0.4, -0.2) is 7.11 Å². The van der Waals surface area contributed by atoms with E-state index in [9.17, 15) is 0 Å². The summed E-state index contributed by atoms with van der Waals surface area (Å²) >= 11 is 0. The van der Waals surface area contributed by atoms with Crippen molar-refractivity contribution in [3.8, 4) is 5.75 Å². The van der Waals surface area contributed by atoms with Crippen LogP contribution in [-0.2, 0) is 12.0 Å². The van der Waals surface area contributed by atoms with Crippen molar-refractivity contribution in [2.45, 2.75) is 25.8 Å². The summed E-state index contributed by atoms with van der Waals surface area (Å²) in [5.74, 6) is 0.854. The molecule has 3 rings (SSSR count). The summed E-state index contributed by atoms with van der Waals surface area (Å²) in [6.45, 7) is 4.49. The number of fused-ring (bicyclic) bond motifs is 1. The van der Waals surface area contributed by atoms with Crippen LogP contribution in [0.3, 0.4) is 0 Å². The van der Waals surface area contributed by atoms with Gasteiger partial charge in [-0.1, -0.05) is 50.2 Å². The molecule has 0 saturated carbocycles.